The minimum Gasteiger partial charge on any atom is -0.319 e. The van der Waals surface area contributed by atoms with Crippen molar-refractivity contribution in [3.63, 3.8) is 0 Å². The highest BCUT2D eigenvalue weighted by atomic mass is 79.9. The Hall–Kier alpha value is -0.340. The van der Waals surface area contributed by atoms with Gasteiger partial charge in [0.2, 0.25) is 0 Å². The number of likely N-dealkylation sites (N-methyl/N-ethyl adjacent to an activating group) is 1. The second-order valence-electron chi connectivity index (χ2n) is 4.41. The van der Waals surface area contributed by atoms with Gasteiger partial charge in [0.25, 0.3) is 0 Å². The Morgan fingerprint density at radius 1 is 1.33 bits per heavy atom. The van der Waals surface area contributed by atoms with E-state index in [1.165, 1.54) is 15.6 Å². The first-order valence-corrected chi connectivity index (χ1v) is 6.26. The van der Waals surface area contributed by atoms with Gasteiger partial charge in [-0.1, -0.05) is 35.8 Å². The SMILES string of the molecule is CNCC(c1cc(Br)ccc1C)C(C)C. The lowest BCUT2D eigenvalue weighted by Crippen LogP contribution is -2.22. The fraction of sp³-hybridized carbons (Fsp3) is 0.538. The van der Waals surface area contributed by atoms with Crippen LogP contribution < -0.4 is 5.32 Å². The van der Waals surface area contributed by atoms with Crippen molar-refractivity contribution in [1.82, 2.24) is 5.32 Å². The molecule has 0 aliphatic rings. The molecule has 1 unspecified atom stereocenters. The number of halogens is 1. The first-order valence-electron chi connectivity index (χ1n) is 5.47. The third-order valence-corrected chi connectivity index (χ3v) is 3.36. The summed E-state index contributed by atoms with van der Waals surface area (Å²) in [4.78, 5) is 0. The highest BCUT2D eigenvalue weighted by Gasteiger charge is 2.16. The third kappa shape index (κ3) is 3.32. The molecule has 1 atom stereocenters. The molecule has 0 radical (unpaired) electrons. The van der Waals surface area contributed by atoms with Crippen LogP contribution in [-0.2, 0) is 0 Å². The van der Waals surface area contributed by atoms with E-state index in [0.717, 1.165) is 6.54 Å². The molecule has 84 valence electrons. The molecule has 1 N–H and O–H groups in total. The smallest absolute Gasteiger partial charge is 0.0178 e. The van der Waals surface area contributed by atoms with Gasteiger partial charge in [-0.2, -0.15) is 0 Å². The van der Waals surface area contributed by atoms with E-state index in [2.05, 4.69) is 60.2 Å². The van der Waals surface area contributed by atoms with E-state index in [1.54, 1.807) is 0 Å². The van der Waals surface area contributed by atoms with Crippen molar-refractivity contribution in [3.8, 4) is 0 Å². The van der Waals surface area contributed by atoms with E-state index in [4.69, 9.17) is 0 Å². The number of nitrogens with one attached hydrogen (secondary N) is 1. The summed E-state index contributed by atoms with van der Waals surface area (Å²) in [7, 11) is 2.02. The zero-order valence-corrected chi connectivity index (χ0v) is 11.6. The molecule has 2 heteroatoms. The average Bonchev–Trinajstić information content (AvgIpc) is 2.18. The lowest BCUT2D eigenvalue weighted by molar-refractivity contribution is 0.476. The average molecular weight is 270 g/mol. The molecule has 1 rings (SSSR count). The molecule has 0 bridgehead atoms. The standard InChI is InChI=1S/C13H20BrN/c1-9(2)13(8-15-4)12-7-11(14)6-5-10(12)3/h5-7,9,13,15H,8H2,1-4H3. The van der Waals surface area contributed by atoms with Crippen LogP contribution in [0.15, 0.2) is 22.7 Å². The molecule has 0 aliphatic carbocycles. The first kappa shape index (κ1) is 12.7. The number of hydrogen-bond donors (Lipinski definition) is 1. The second-order valence-corrected chi connectivity index (χ2v) is 5.32. The summed E-state index contributed by atoms with van der Waals surface area (Å²) in [6.45, 7) is 7.78. The van der Waals surface area contributed by atoms with Gasteiger partial charge >= 0.3 is 0 Å². The number of aryl methyl sites for hydroxylation is 1. The van der Waals surface area contributed by atoms with Gasteiger partial charge in [-0.15, -0.1) is 0 Å². The molecule has 0 saturated carbocycles. The second kappa shape index (κ2) is 5.66. The van der Waals surface area contributed by atoms with Crippen molar-refractivity contribution < 1.29 is 0 Å². The van der Waals surface area contributed by atoms with Crippen LogP contribution in [0.3, 0.4) is 0 Å². The van der Waals surface area contributed by atoms with Gasteiger partial charge < -0.3 is 5.32 Å². The first-order chi connectivity index (χ1) is 7.06. The van der Waals surface area contributed by atoms with Crippen LogP contribution in [0.5, 0.6) is 0 Å². The molecule has 1 aromatic rings. The van der Waals surface area contributed by atoms with Crippen LogP contribution in [0.25, 0.3) is 0 Å². The summed E-state index contributed by atoms with van der Waals surface area (Å²) >= 11 is 3.54. The normalized spacial score (nSPS) is 13.2. The van der Waals surface area contributed by atoms with Crippen molar-refractivity contribution >= 4 is 15.9 Å². The maximum absolute atomic E-state index is 3.54. The van der Waals surface area contributed by atoms with E-state index < -0.39 is 0 Å². The summed E-state index contributed by atoms with van der Waals surface area (Å²) in [5.41, 5.74) is 2.83. The highest BCUT2D eigenvalue weighted by molar-refractivity contribution is 9.10. The molecule has 0 amide bonds. The predicted octanol–water partition coefficient (Wildman–Crippen LogP) is 3.72. The zero-order valence-electron chi connectivity index (χ0n) is 9.97. The quantitative estimate of drug-likeness (QED) is 0.879. The summed E-state index contributed by atoms with van der Waals surface area (Å²) in [6, 6.07) is 6.54. The van der Waals surface area contributed by atoms with E-state index in [0.29, 0.717) is 11.8 Å². The maximum Gasteiger partial charge on any atom is 0.0178 e. The molecule has 0 spiro atoms. The van der Waals surface area contributed by atoms with Crippen molar-refractivity contribution in [2.45, 2.75) is 26.7 Å². The van der Waals surface area contributed by atoms with Gasteiger partial charge in [0.15, 0.2) is 0 Å². The van der Waals surface area contributed by atoms with Gasteiger partial charge in [0.05, 0.1) is 0 Å². The lowest BCUT2D eigenvalue weighted by Gasteiger charge is -2.23. The molecular weight excluding hydrogens is 250 g/mol. The highest BCUT2D eigenvalue weighted by Crippen LogP contribution is 2.28. The molecule has 1 nitrogen and oxygen atoms in total. The van der Waals surface area contributed by atoms with Crippen LogP contribution in [0.2, 0.25) is 0 Å². The predicted molar refractivity (Wildman–Crippen MR) is 70.4 cm³/mol. The van der Waals surface area contributed by atoms with Crippen LogP contribution in [0, 0.1) is 12.8 Å². The van der Waals surface area contributed by atoms with Gasteiger partial charge in [0, 0.05) is 11.0 Å². The number of hydrogen-bond acceptors (Lipinski definition) is 1. The molecule has 0 heterocycles. The fourth-order valence-electron chi connectivity index (χ4n) is 1.94. The Morgan fingerprint density at radius 2 is 2.00 bits per heavy atom. The van der Waals surface area contributed by atoms with E-state index in [9.17, 15) is 0 Å². The fourth-order valence-corrected chi connectivity index (χ4v) is 2.31. The number of rotatable bonds is 4. The van der Waals surface area contributed by atoms with Crippen LogP contribution in [0.4, 0.5) is 0 Å². The summed E-state index contributed by atoms with van der Waals surface area (Å²) in [6.07, 6.45) is 0. The zero-order chi connectivity index (χ0) is 11.4. The number of benzene rings is 1. The Kier molecular flexibility index (Phi) is 4.81. The van der Waals surface area contributed by atoms with Crippen LogP contribution >= 0.6 is 15.9 Å². The van der Waals surface area contributed by atoms with E-state index >= 15 is 0 Å². The van der Waals surface area contributed by atoms with Crippen LogP contribution in [-0.4, -0.2) is 13.6 Å². The molecule has 1 aromatic carbocycles. The minimum absolute atomic E-state index is 0.590. The van der Waals surface area contributed by atoms with Gasteiger partial charge in [-0.05, 0) is 49.1 Å². The van der Waals surface area contributed by atoms with Gasteiger partial charge in [-0.3, -0.25) is 0 Å². The van der Waals surface area contributed by atoms with Crippen molar-refractivity contribution in [2.75, 3.05) is 13.6 Å². The Balaban J connectivity index is 3.04. The molecule has 0 aromatic heterocycles. The van der Waals surface area contributed by atoms with Crippen molar-refractivity contribution in [1.29, 1.82) is 0 Å². The lowest BCUT2D eigenvalue weighted by atomic mass is 9.86. The van der Waals surface area contributed by atoms with Gasteiger partial charge in [-0.25, -0.2) is 0 Å². The Bertz CT molecular complexity index is 320. The molecular formula is C13H20BrN. The molecule has 0 aliphatic heterocycles. The molecule has 15 heavy (non-hydrogen) atoms. The summed E-state index contributed by atoms with van der Waals surface area (Å²) in [5.74, 6) is 1.25. The van der Waals surface area contributed by atoms with E-state index in [1.807, 2.05) is 7.05 Å². The largest absolute Gasteiger partial charge is 0.319 e. The van der Waals surface area contributed by atoms with Crippen LogP contribution in [0.1, 0.15) is 30.9 Å². The molecule has 0 saturated heterocycles. The van der Waals surface area contributed by atoms with Crippen molar-refractivity contribution in [3.05, 3.63) is 33.8 Å². The monoisotopic (exact) mass is 269 g/mol. The third-order valence-electron chi connectivity index (χ3n) is 2.87. The van der Waals surface area contributed by atoms with E-state index in [-0.39, 0.29) is 0 Å². The topological polar surface area (TPSA) is 12.0 Å². The Morgan fingerprint density at radius 3 is 2.53 bits per heavy atom. The summed E-state index contributed by atoms with van der Waals surface area (Å²) in [5, 5.41) is 3.28. The maximum atomic E-state index is 3.54. The molecule has 0 fully saturated rings. The summed E-state index contributed by atoms with van der Waals surface area (Å²) < 4.78 is 1.17. The minimum atomic E-state index is 0.590. The Labute approximate surface area is 101 Å². The van der Waals surface area contributed by atoms with Crippen molar-refractivity contribution in [2.24, 2.45) is 5.92 Å². The van der Waals surface area contributed by atoms with Gasteiger partial charge in [0.1, 0.15) is 0 Å².